The van der Waals surface area contributed by atoms with E-state index >= 15 is 0 Å². The van der Waals surface area contributed by atoms with Crippen LogP contribution in [0.1, 0.15) is 54.5 Å². The summed E-state index contributed by atoms with van der Waals surface area (Å²) in [6.07, 6.45) is 7.99. The fraction of sp³-hybridized carbons (Fsp3) is 0.409. The van der Waals surface area contributed by atoms with Crippen molar-refractivity contribution in [2.75, 3.05) is 6.54 Å². The van der Waals surface area contributed by atoms with Crippen molar-refractivity contribution in [1.82, 2.24) is 10.3 Å². The number of thiophene rings is 1. The Morgan fingerprint density at radius 1 is 1.23 bits per heavy atom. The molecule has 4 heteroatoms. The second kappa shape index (κ2) is 7.77. The maximum atomic E-state index is 8.36. The highest BCUT2D eigenvalue weighted by Gasteiger charge is 2.23. The SMILES string of the molecule is CCNC1CCC(c2c[nH]c3ccc(CC(=N)c4cccs4)cc23)CC1. The largest absolute Gasteiger partial charge is 0.361 e. The summed E-state index contributed by atoms with van der Waals surface area (Å²) in [5.74, 6) is 0.658. The predicted octanol–water partition coefficient (Wildman–Crippen LogP) is 5.48. The molecule has 2 aromatic heterocycles. The van der Waals surface area contributed by atoms with Crippen molar-refractivity contribution in [3.05, 3.63) is 57.9 Å². The van der Waals surface area contributed by atoms with Gasteiger partial charge in [0.05, 0.1) is 5.71 Å². The van der Waals surface area contributed by atoms with Crippen molar-refractivity contribution in [2.24, 2.45) is 0 Å². The van der Waals surface area contributed by atoms with Gasteiger partial charge in [-0.25, -0.2) is 0 Å². The van der Waals surface area contributed by atoms with Gasteiger partial charge in [0.2, 0.25) is 0 Å². The van der Waals surface area contributed by atoms with E-state index in [2.05, 4.69) is 41.6 Å². The lowest BCUT2D eigenvalue weighted by molar-refractivity contribution is 0.349. The molecule has 0 spiro atoms. The van der Waals surface area contributed by atoms with Gasteiger partial charge in [-0.05, 0) is 72.9 Å². The maximum Gasteiger partial charge on any atom is 0.0529 e. The first-order chi connectivity index (χ1) is 12.7. The molecule has 3 N–H and O–H groups in total. The molecule has 26 heavy (non-hydrogen) atoms. The van der Waals surface area contributed by atoms with Crippen LogP contribution in [0.4, 0.5) is 0 Å². The number of benzene rings is 1. The van der Waals surface area contributed by atoms with E-state index in [9.17, 15) is 0 Å². The van der Waals surface area contributed by atoms with E-state index in [-0.39, 0.29) is 0 Å². The van der Waals surface area contributed by atoms with Crippen LogP contribution in [-0.2, 0) is 6.42 Å². The van der Waals surface area contributed by atoms with Gasteiger partial charge in [0.25, 0.3) is 0 Å². The summed E-state index contributed by atoms with van der Waals surface area (Å²) in [5.41, 5.74) is 4.64. The second-order valence-corrected chi connectivity index (χ2v) is 8.31. The van der Waals surface area contributed by atoms with Crippen molar-refractivity contribution < 1.29 is 0 Å². The number of fused-ring (bicyclic) bond motifs is 1. The monoisotopic (exact) mass is 365 g/mol. The Balaban J connectivity index is 1.53. The number of aromatic amines is 1. The third-order valence-electron chi connectivity index (χ3n) is 5.64. The lowest BCUT2D eigenvalue weighted by Gasteiger charge is -2.29. The number of hydrogen-bond donors (Lipinski definition) is 3. The van der Waals surface area contributed by atoms with Gasteiger partial charge in [0.1, 0.15) is 0 Å². The molecule has 3 nitrogen and oxygen atoms in total. The standard InChI is InChI=1S/C22H27N3S/c1-2-24-17-8-6-16(7-9-17)19-14-25-21-10-5-15(12-18(19)21)13-20(23)22-4-3-11-26-22/h3-5,10-12,14,16-17,23-25H,2,6-9,13H2,1H3. The zero-order chi connectivity index (χ0) is 17.9. The summed E-state index contributed by atoms with van der Waals surface area (Å²) in [6, 6.07) is 11.4. The number of H-pyrrole nitrogens is 1. The highest BCUT2D eigenvalue weighted by molar-refractivity contribution is 7.12. The van der Waals surface area contributed by atoms with Gasteiger partial charge >= 0.3 is 0 Å². The van der Waals surface area contributed by atoms with Crippen LogP contribution < -0.4 is 5.32 Å². The molecule has 1 fully saturated rings. The second-order valence-electron chi connectivity index (χ2n) is 7.36. The lowest BCUT2D eigenvalue weighted by Crippen LogP contribution is -2.32. The fourth-order valence-electron chi connectivity index (χ4n) is 4.28. The fourth-order valence-corrected chi connectivity index (χ4v) is 4.95. The zero-order valence-electron chi connectivity index (χ0n) is 15.3. The van der Waals surface area contributed by atoms with Gasteiger partial charge in [-0.1, -0.05) is 19.1 Å². The average molecular weight is 366 g/mol. The van der Waals surface area contributed by atoms with Crippen molar-refractivity contribution >= 4 is 28.0 Å². The third kappa shape index (κ3) is 3.62. The summed E-state index contributed by atoms with van der Waals surface area (Å²) in [4.78, 5) is 4.53. The van der Waals surface area contributed by atoms with Crippen LogP contribution in [0.15, 0.2) is 41.9 Å². The molecule has 1 aliphatic carbocycles. The molecule has 1 aromatic carbocycles. The van der Waals surface area contributed by atoms with Crippen LogP contribution in [0.5, 0.6) is 0 Å². The van der Waals surface area contributed by atoms with Crippen LogP contribution >= 0.6 is 11.3 Å². The van der Waals surface area contributed by atoms with Gasteiger partial charge in [-0.15, -0.1) is 11.3 Å². The molecule has 0 atom stereocenters. The van der Waals surface area contributed by atoms with E-state index in [1.54, 1.807) is 11.3 Å². The van der Waals surface area contributed by atoms with Crippen molar-refractivity contribution in [1.29, 1.82) is 5.41 Å². The molecule has 0 amide bonds. The molecule has 3 aromatic rings. The van der Waals surface area contributed by atoms with E-state index in [4.69, 9.17) is 5.41 Å². The van der Waals surface area contributed by atoms with E-state index < -0.39 is 0 Å². The Bertz CT molecular complexity index is 870. The van der Waals surface area contributed by atoms with Crippen molar-refractivity contribution in [3.8, 4) is 0 Å². The van der Waals surface area contributed by atoms with E-state index in [1.165, 1.54) is 47.7 Å². The molecule has 1 saturated carbocycles. The van der Waals surface area contributed by atoms with E-state index in [0.29, 0.717) is 24.1 Å². The third-order valence-corrected chi connectivity index (χ3v) is 6.57. The first-order valence-corrected chi connectivity index (χ1v) is 10.6. The molecular formula is C22H27N3S. The highest BCUT2D eigenvalue weighted by Crippen LogP contribution is 2.37. The molecular weight excluding hydrogens is 338 g/mol. The number of hydrogen-bond acceptors (Lipinski definition) is 3. The minimum Gasteiger partial charge on any atom is -0.361 e. The Kier molecular flexibility index (Phi) is 5.23. The van der Waals surface area contributed by atoms with Crippen LogP contribution in [0, 0.1) is 5.41 Å². The summed E-state index contributed by atoms with van der Waals surface area (Å²) in [5, 5.41) is 15.4. The number of nitrogens with one attached hydrogen (secondary N) is 3. The average Bonchev–Trinajstić information content (AvgIpc) is 3.32. The van der Waals surface area contributed by atoms with Crippen LogP contribution in [0.25, 0.3) is 10.9 Å². The van der Waals surface area contributed by atoms with Gasteiger partial charge in [0.15, 0.2) is 0 Å². The number of rotatable bonds is 6. The molecule has 0 radical (unpaired) electrons. The van der Waals surface area contributed by atoms with Gasteiger partial charge in [-0.3, -0.25) is 0 Å². The lowest BCUT2D eigenvalue weighted by atomic mass is 9.81. The summed E-state index contributed by atoms with van der Waals surface area (Å²) in [7, 11) is 0. The van der Waals surface area contributed by atoms with Gasteiger partial charge < -0.3 is 15.7 Å². The quantitative estimate of drug-likeness (QED) is 0.498. The smallest absolute Gasteiger partial charge is 0.0529 e. The van der Waals surface area contributed by atoms with Crippen LogP contribution in [0.2, 0.25) is 0 Å². The molecule has 0 aliphatic heterocycles. The minimum atomic E-state index is 0.658. The molecule has 136 valence electrons. The van der Waals surface area contributed by atoms with Gasteiger partial charge in [-0.2, -0.15) is 0 Å². The molecule has 4 rings (SSSR count). The van der Waals surface area contributed by atoms with E-state index in [0.717, 1.165) is 11.4 Å². The van der Waals surface area contributed by atoms with Crippen molar-refractivity contribution in [2.45, 2.75) is 51.0 Å². The zero-order valence-corrected chi connectivity index (χ0v) is 16.2. The molecule has 0 unspecified atom stereocenters. The number of aromatic nitrogens is 1. The Labute approximate surface area is 159 Å². The molecule has 2 heterocycles. The first kappa shape index (κ1) is 17.5. The summed E-state index contributed by atoms with van der Waals surface area (Å²) < 4.78 is 0. The summed E-state index contributed by atoms with van der Waals surface area (Å²) in [6.45, 7) is 3.27. The summed E-state index contributed by atoms with van der Waals surface area (Å²) >= 11 is 1.65. The topological polar surface area (TPSA) is 51.7 Å². The Morgan fingerprint density at radius 3 is 2.81 bits per heavy atom. The molecule has 0 saturated heterocycles. The normalized spacial score (nSPS) is 20.5. The first-order valence-electron chi connectivity index (χ1n) is 9.69. The highest BCUT2D eigenvalue weighted by atomic mass is 32.1. The van der Waals surface area contributed by atoms with Crippen molar-refractivity contribution in [3.63, 3.8) is 0 Å². The molecule has 0 bridgehead atoms. The van der Waals surface area contributed by atoms with E-state index in [1.807, 2.05) is 17.5 Å². The molecule has 1 aliphatic rings. The van der Waals surface area contributed by atoms with Crippen LogP contribution in [0.3, 0.4) is 0 Å². The minimum absolute atomic E-state index is 0.658. The predicted molar refractivity (Wildman–Crippen MR) is 112 cm³/mol. The maximum absolute atomic E-state index is 8.36. The Hall–Kier alpha value is -1.91. The Morgan fingerprint density at radius 2 is 2.08 bits per heavy atom. The van der Waals surface area contributed by atoms with Gasteiger partial charge in [0, 0.05) is 34.4 Å². The van der Waals surface area contributed by atoms with Crippen LogP contribution in [-0.4, -0.2) is 23.3 Å².